The maximum Gasteiger partial charge on any atom is 0.122 e. The first-order valence-corrected chi connectivity index (χ1v) is 6.79. The molecule has 1 aliphatic heterocycles. The standard InChI is InChI=1S/C14H15NOS/c15-9-14-12(5-7-17-14)10-3-4-13-11(8-10)2-1-6-16-13/h3-5,7-8H,1-2,6,9,15H2. The molecule has 0 spiro atoms. The topological polar surface area (TPSA) is 35.2 Å². The molecule has 3 heteroatoms. The van der Waals surface area contributed by atoms with E-state index in [1.165, 1.54) is 21.6 Å². The molecule has 17 heavy (non-hydrogen) atoms. The minimum Gasteiger partial charge on any atom is -0.493 e. The van der Waals surface area contributed by atoms with Crippen molar-refractivity contribution in [2.75, 3.05) is 6.61 Å². The number of aryl methyl sites for hydroxylation is 1. The number of benzene rings is 1. The van der Waals surface area contributed by atoms with E-state index in [2.05, 4.69) is 29.6 Å². The van der Waals surface area contributed by atoms with Gasteiger partial charge in [0.15, 0.2) is 0 Å². The summed E-state index contributed by atoms with van der Waals surface area (Å²) in [6.07, 6.45) is 2.23. The van der Waals surface area contributed by atoms with E-state index < -0.39 is 0 Å². The molecule has 0 amide bonds. The van der Waals surface area contributed by atoms with Crippen LogP contribution in [-0.2, 0) is 13.0 Å². The highest BCUT2D eigenvalue weighted by Gasteiger charge is 2.12. The fraction of sp³-hybridized carbons (Fsp3) is 0.286. The Bertz CT molecular complexity index is 533. The van der Waals surface area contributed by atoms with E-state index in [1.807, 2.05) is 0 Å². The summed E-state index contributed by atoms with van der Waals surface area (Å²) < 4.78 is 5.63. The Hall–Kier alpha value is -1.32. The smallest absolute Gasteiger partial charge is 0.122 e. The van der Waals surface area contributed by atoms with Crippen molar-refractivity contribution in [2.24, 2.45) is 5.73 Å². The molecule has 1 aromatic heterocycles. The molecule has 0 saturated carbocycles. The Morgan fingerprint density at radius 3 is 3.12 bits per heavy atom. The van der Waals surface area contributed by atoms with Gasteiger partial charge in [0.2, 0.25) is 0 Å². The molecule has 2 aromatic rings. The molecule has 0 bridgehead atoms. The van der Waals surface area contributed by atoms with E-state index in [9.17, 15) is 0 Å². The van der Waals surface area contributed by atoms with Gasteiger partial charge in [-0.3, -0.25) is 0 Å². The zero-order valence-corrected chi connectivity index (χ0v) is 10.4. The highest BCUT2D eigenvalue weighted by atomic mass is 32.1. The Morgan fingerprint density at radius 2 is 2.24 bits per heavy atom. The van der Waals surface area contributed by atoms with E-state index >= 15 is 0 Å². The maximum absolute atomic E-state index is 5.76. The molecular weight excluding hydrogens is 230 g/mol. The summed E-state index contributed by atoms with van der Waals surface area (Å²) in [7, 11) is 0. The summed E-state index contributed by atoms with van der Waals surface area (Å²) in [5, 5.41) is 2.10. The lowest BCUT2D eigenvalue weighted by Crippen LogP contribution is -2.08. The lowest BCUT2D eigenvalue weighted by Gasteiger charge is -2.18. The second kappa shape index (κ2) is 4.51. The second-order valence-electron chi connectivity index (χ2n) is 4.24. The first kappa shape index (κ1) is 10.8. The van der Waals surface area contributed by atoms with Crippen LogP contribution in [0.1, 0.15) is 16.9 Å². The van der Waals surface area contributed by atoms with Crippen molar-refractivity contribution in [3.05, 3.63) is 40.1 Å². The van der Waals surface area contributed by atoms with E-state index in [0.29, 0.717) is 6.54 Å². The van der Waals surface area contributed by atoms with Crippen molar-refractivity contribution in [3.63, 3.8) is 0 Å². The van der Waals surface area contributed by atoms with Crippen LogP contribution in [0, 0.1) is 0 Å². The molecule has 0 atom stereocenters. The van der Waals surface area contributed by atoms with Gasteiger partial charge < -0.3 is 10.5 Å². The van der Waals surface area contributed by atoms with Gasteiger partial charge in [-0.25, -0.2) is 0 Å². The fourth-order valence-corrected chi connectivity index (χ4v) is 3.06. The van der Waals surface area contributed by atoms with Gasteiger partial charge in [0.25, 0.3) is 0 Å². The van der Waals surface area contributed by atoms with Crippen LogP contribution >= 0.6 is 11.3 Å². The molecule has 0 aliphatic carbocycles. The van der Waals surface area contributed by atoms with Gasteiger partial charge in [-0.2, -0.15) is 0 Å². The molecule has 0 saturated heterocycles. The summed E-state index contributed by atoms with van der Waals surface area (Å²) in [5.41, 5.74) is 9.61. The van der Waals surface area contributed by atoms with E-state index in [-0.39, 0.29) is 0 Å². The first-order chi connectivity index (χ1) is 8.38. The molecular formula is C14H15NOS. The van der Waals surface area contributed by atoms with Crippen molar-refractivity contribution in [1.29, 1.82) is 0 Å². The summed E-state index contributed by atoms with van der Waals surface area (Å²) in [4.78, 5) is 1.25. The predicted octanol–water partition coefficient (Wildman–Crippen LogP) is 3.20. The van der Waals surface area contributed by atoms with Crippen LogP contribution in [-0.4, -0.2) is 6.61 Å². The molecule has 1 aliphatic rings. The lowest BCUT2D eigenvalue weighted by atomic mass is 9.99. The Kier molecular flexibility index (Phi) is 2.87. The third-order valence-corrected chi connectivity index (χ3v) is 4.09. The SMILES string of the molecule is NCc1sccc1-c1ccc2c(c1)CCCO2. The van der Waals surface area contributed by atoms with Gasteiger partial charge in [-0.1, -0.05) is 6.07 Å². The van der Waals surface area contributed by atoms with Crippen LogP contribution in [0.2, 0.25) is 0 Å². The number of thiophene rings is 1. The highest BCUT2D eigenvalue weighted by Crippen LogP contribution is 2.33. The van der Waals surface area contributed by atoms with Crippen molar-refractivity contribution >= 4 is 11.3 Å². The summed E-state index contributed by atoms with van der Waals surface area (Å²) in [5.74, 6) is 1.05. The van der Waals surface area contributed by atoms with Crippen molar-refractivity contribution in [2.45, 2.75) is 19.4 Å². The van der Waals surface area contributed by atoms with E-state index in [0.717, 1.165) is 25.2 Å². The van der Waals surface area contributed by atoms with Crippen molar-refractivity contribution < 1.29 is 4.74 Å². The molecule has 0 unspecified atom stereocenters. The van der Waals surface area contributed by atoms with Gasteiger partial charge >= 0.3 is 0 Å². The van der Waals surface area contributed by atoms with Gasteiger partial charge in [0.1, 0.15) is 5.75 Å². The minimum atomic E-state index is 0.612. The molecule has 1 aromatic carbocycles. The average Bonchev–Trinajstić information content (AvgIpc) is 2.86. The molecule has 0 fully saturated rings. The van der Waals surface area contributed by atoms with E-state index in [4.69, 9.17) is 10.5 Å². The van der Waals surface area contributed by atoms with Gasteiger partial charge in [0.05, 0.1) is 6.61 Å². The molecule has 88 valence electrons. The average molecular weight is 245 g/mol. The van der Waals surface area contributed by atoms with Crippen LogP contribution in [0.4, 0.5) is 0 Å². The monoisotopic (exact) mass is 245 g/mol. The van der Waals surface area contributed by atoms with Gasteiger partial charge in [0, 0.05) is 11.4 Å². The minimum absolute atomic E-state index is 0.612. The summed E-state index contributed by atoms with van der Waals surface area (Å²) in [6.45, 7) is 1.46. The molecule has 2 N–H and O–H groups in total. The normalized spacial score (nSPS) is 14.2. The molecule has 0 radical (unpaired) electrons. The van der Waals surface area contributed by atoms with Crippen LogP contribution < -0.4 is 10.5 Å². The van der Waals surface area contributed by atoms with Gasteiger partial charge in [-0.05, 0) is 53.1 Å². The van der Waals surface area contributed by atoms with Crippen LogP contribution in [0.25, 0.3) is 11.1 Å². The van der Waals surface area contributed by atoms with Crippen molar-refractivity contribution in [3.8, 4) is 16.9 Å². The van der Waals surface area contributed by atoms with Crippen LogP contribution in [0.15, 0.2) is 29.6 Å². The number of rotatable bonds is 2. The van der Waals surface area contributed by atoms with Gasteiger partial charge in [-0.15, -0.1) is 11.3 Å². The number of hydrogen-bond acceptors (Lipinski definition) is 3. The molecule has 2 heterocycles. The maximum atomic E-state index is 5.76. The lowest BCUT2D eigenvalue weighted by molar-refractivity contribution is 0.288. The Morgan fingerprint density at radius 1 is 1.29 bits per heavy atom. The highest BCUT2D eigenvalue weighted by molar-refractivity contribution is 7.10. The largest absolute Gasteiger partial charge is 0.493 e. The molecule has 3 rings (SSSR count). The summed E-state index contributed by atoms with van der Waals surface area (Å²) in [6, 6.07) is 8.61. The number of ether oxygens (including phenoxy) is 1. The molecule has 2 nitrogen and oxygen atoms in total. The number of fused-ring (bicyclic) bond motifs is 1. The predicted molar refractivity (Wildman–Crippen MR) is 71.5 cm³/mol. The van der Waals surface area contributed by atoms with Crippen molar-refractivity contribution in [1.82, 2.24) is 0 Å². The van der Waals surface area contributed by atoms with Crippen LogP contribution in [0.5, 0.6) is 5.75 Å². The Labute approximate surface area is 105 Å². The fourth-order valence-electron chi connectivity index (χ4n) is 2.28. The van der Waals surface area contributed by atoms with Crippen LogP contribution in [0.3, 0.4) is 0 Å². The van der Waals surface area contributed by atoms with E-state index in [1.54, 1.807) is 11.3 Å². The third-order valence-electron chi connectivity index (χ3n) is 3.15. The quantitative estimate of drug-likeness (QED) is 0.881. The zero-order valence-electron chi connectivity index (χ0n) is 9.61. The number of hydrogen-bond donors (Lipinski definition) is 1. The summed E-state index contributed by atoms with van der Waals surface area (Å²) >= 11 is 1.73. The second-order valence-corrected chi connectivity index (χ2v) is 5.24. The number of nitrogens with two attached hydrogens (primary N) is 1. The first-order valence-electron chi connectivity index (χ1n) is 5.91. The zero-order chi connectivity index (χ0) is 11.7. The Balaban J connectivity index is 2.04. The third kappa shape index (κ3) is 1.96.